The average Bonchev–Trinajstić information content (AvgIpc) is 3.11. The summed E-state index contributed by atoms with van der Waals surface area (Å²) in [6, 6.07) is 9.57. The smallest absolute Gasteiger partial charge is 0.262 e. The van der Waals surface area contributed by atoms with Crippen LogP contribution < -0.4 is 10.6 Å². The monoisotopic (exact) mass is 345 g/mol. The molecule has 128 valence electrons. The molecule has 2 N–H and O–H groups in total. The number of thiophene rings is 1. The zero-order valence-electron chi connectivity index (χ0n) is 14.0. The summed E-state index contributed by atoms with van der Waals surface area (Å²) in [7, 11) is 1.91. The first-order valence-electron chi connectivity index (χ1n) is 8.34. The highest BCUT2D eigenvalue weighted by molar-refractivity contribution is 7.20. The van der Waals surface area contributed by atoms with Crippen molar-refractivity contribution in [2.24, 2.45) is 0 Å². The van der Waals surface area contributed by atoms with Crippen LogP contribution in [0.4, 0.5) is 0 Å². The predicted octanol–water partition coefficient (Wildman–Crippen LogP) is 2.23. The second-order valence-corrected chi connectivity index (χ2v) is 7.33. The Balaban J connectivity index is 1.65. The Labute approximate surface area is 146 Å². The second-order valence-electron chi connectivity index (χ2n) is 6.25. The number of carbonyl (C=O) groups excluding carboxylic acids is 2. The lowest BCUT2D eigenvalue weighted by atomic mass is 10.2. The molecule has 0 saturated carbocycles. The van der Waals surface area contributed by atoms with E-state index < -0.39 is 6.04 Å². The minimum Gasteiger partial charge on any atom is -0.339 e. The molecule has 3 rings (SSSR count). The summed E-state index contributed by atoms with van der Waals surface area (Å²) in [5.41, 5.74) is 0. The molecule has 1 aliphatic rings. The first-order chi connectivity index (χ1) is 11.6. The van der Waals surface area contributed by atoms with E-state index in [9.17, 15) is 9.59 Å². The quantitative estimate of drug-likeness (QED) is 0.789. The van der Waals surface area contributed by atoms with Crippen molar-refractivity contribution < 1.29 is 9.59 Å². The van der Waals surface area contributed by atoms with Crippen LogP contribution in [0.3, 0.4) is 0 Å². The molecule has 2 heterocycles. The largest absolute Gasteiger partial charge is 0.339 e. The van der Waals surface area contributed by atoms with Crippen LogP contribution in [0, 0.1) is 0 Å². The van der Waals surface area contributed by atoms with E-state index in [2.05, 4.69) is 10.6 Å². The van der Waals surface area contributed by atoms with E-state index in [0.29, 0.717) is 11.3 Å². The van der Waals surface area contributed by atoms with Crippen LogP contribution in [0.15, 0.2) is 30.3 Å². The Bertz CT molecular complexity index is 710. The molecule has 0 bridgehead atoms. The average molecular weight is 345 g/mol. The summed E-state index contributed by atoms with van der Waals surface area (Å²) in [4.78, 5) is 27.6. The molecule has 24 heavy (non-hydrogen) atoms. The zero-order valence-corrected chi connectivity index (χ0v) is 14.9. The summed E-state index contributed by atoms with van der Waals surface area (Å²) in [6.07, 6.45) is 1.60. The van der Waals surface area contributed by atoms with Gasteiger partial charge in [-0.15, -0.1) is 11.3 Å². The van der Waals surface area contributed by atoms with E-state index in [0.717, 1.165) is 29.6 Å². The van der Waals surface area contributed by atoms with E-state index in [4.69, 9.17) is 0 Å². The predicted molar refractivity (Wildman–Crippen MR) is 97.4 cm³/mol. The fourth-order valence-corrected chi connectivity index (χ4v) is 4.15. The lowest BCUT2D eigenvalue weighted by Crippen LogP contribution is -2.42. The first-order valence-corrected chi connectivity index (χ1v) is 9.16. The van der Waals surface area contributed by atoms with Gasteiger partial charge in [0.2, 0.25) is 5.91 Å². The van der Waals surface area contributed by atoms with Crippen LogP contribution in [0.25, 0.3) is 10.1 Å². The molecule has 1 unspecified atom stereocenters. The summed E-state index contributed by atoms with van der Waals surface area (Å²) in [5, 5.41) is 7.08. The van der Waals surface area contributed by atoms with Gasteiger partial charge in [0.15, 0.2) is 0 Å². The van der Waals surface area contributed by atoms with Gasteiger partial charge in [-0.1, -0.05) is 18.2 Å². The number of rotatable bonds is 6. The highest BCUT2D eigenvalue weighted by atomic mass is 32.1. The van der Waals surface area contributed by atoms with E-state index in [1.165, 1.54) is 11.3 Å². The lowest BCUT2D eigenvalue weighted by molar-refractivity contribution is -0.130. The number of fused-ring (bicyclic) bond motifs is 1. The molecule has 1 aromatic heterocycles. The number of nitrogens with one attached hydrogen (secondary N) is 2. The summed E-state index contributed by atoms with van der Waals surface area (Å²) < 4.78 is 1.09. The van der Waals surface area contributed by atoms with E-state index in [1.54, 1.807) is 0 Å². The third kappa shape index (κ3) is 3.44. The van der Waals surface area contributed by atoms with Gasteiger partial charge in [0.05, 0.1) is 4.88 Å². The van der Waals surface area contributed by atoms with Gasteiger partial charge >= 0.3 is 0 Å². The van der Waals surface area contributed by atoms with Gasteiger partial charge in [-0.2, -0.15) is 0 Å². The van der Waals surface area contributed by atoms with E-state index in [-0.39, 0.29) is 17.9 Å². The third-order valence-electron chi connectivity index (χ3n) is 4.47. The Morgan fingerprint density at radius 2 is 2.17 bits per heavy atom. The molecular weight excluding hydrogens is 322 g/mol. The molecule has 2 atom stereocenters. The number of benzene rings is 1. The molecule has 2 aromatic rings. The molecule has 6 heteroatoms. The molecule has 2 amide bonds. The van der Waals surface area contributed by atoms with Crippen LogP contribution in [0.5, 0.6) is 0 Å². The summed E-state index contributed by atoms with van der Waals surface area (Å²) in [5.74, 6) is -0.119. The van der Waals surface area contributed by atoms with Crippen LogP contribution in [0.2, 0.25) is 0 Å². The Kier molecular flexibility index (Phi) is 5.16. The van der Waals surface area contributed by atoms with Crippen LogP contribution in [0.1, 0.15) is 29.4 Å². The number of hydrogen-bond donors (Lipinski definition) is 2. The van der Waals surface area contributed by atoms with Crippen LogP contribution in [-0.2, 0) is 4.79 Å². The van der Waals surface area contributed by atoms with E-state index >= 15 is 0 Å². The number of hydrogen-bond acceptors (Lipinski definition) is 4. The minimum atomic E-state index is -0.410. The highest BCUT2D eigenvalue weighted by Gasteiger charge is 2.37. The van der Waals surface area contributed by atoms with Gasteiger partial charge in [-0.05, 0) is 50.9 Å². The van der Waals surface area contributed by atoms with Crippen molar-refractivity contribution in [3.8, 4) is 0 Å². The van der Waals surface area contributed by atoms with Crippen molar-refractivity contribution in [3.05, 3.63) is 35.2 Å². The Hall–Kier alpha value is -1.92. The van der Waals surface area contributed by atoms with Crippen LogP contribution >= 0.6 is 11.3 Å². The highest BCUT2D eigenvalue weighted by Crippen LogP contribution is 2.26. The van der Waals surface area contributed by atoms with Crippen molar-refractivity contribution in [3.63, 3.8) is 0 Å². The maximum absolute atomic E-state index is 12.5. The van der Waals surface area contributed by atoms with Gasteiger partial charge in [0.1, 0.15) is 6.04 Å². The van der Waals surface area contributed by atoms with Crippen LogP contribution in [-0.4, -0.2) is 48.9 Å². The summed E-state index contributed by atoms with van der Waals surface area (Å²) >= 11 is 1.46. The van der Waals surface area contributed by atoms with Gasteiger partial charge in [0.25, 0.3) is 5.91 Å². The molecule has 0 radical (unpaired) electrons. The zero-order chi connectivity index (χ0) is 17.1. The van der Waals surface area contributed by atoms with Crippen molar-refractivity contribution >= 4 is 33.2 Å². The van der Waals surface area contributed by atoms with E-state index in [1.807, 2.05) is 49.2 Å². The van der Waals surface area contributed by atoms with Crippen molar-refractivity contribution in [2.75, 3.05) is 20.1 Å². The molecule has 0 aliphatic carbocycles. The topological polar surface area (TPSA) is 61.4 Å². The number of nitrogens with zero attached hydrogens (tertiary/aromatic N) is 1. The fraction of sp³-hybridized carbons (Fsp3) is 0.444. The van der Waals surface area contributed by atoms with Gasteiger partial charge in [-0.3, -0.25) is 9.59 Å². The molecule has 1 saturated heterocycles. The minimum absolute atomic E-state index is 0.0352. The maximum atomic E-state index is 12.5. The molecule has 1 aromatic carbocycles. The second kappa shape index (κ2) is 7.32. The number of amides is 2. The van der Waals surface area contributed by atoms with Crippen molar-refractivity contribution in [2.45, 2.75) is 31.8 Å². The standard InChI is InChI=1S/C18H23N3O2S/c1-12-10-14(18(23)21(12)9-5-8-19-2)20-17(22)16-11-13-6-3-4-7-15(13)24-16/h3-4,6-7,11-12,14,19H,5,8-10H2,1-2H3,(H,20,22)/t12?,14-/m0/s1. The van der Waals surface area contributed by atoms with Crippen molar-refractivity contribution in [1.29, 1.82) is 0 Å². The molecule has 0 spiro atoms. The Morgan fingerprint density at radius 3 is 2.92 bits per heavy atom. The van der Waals surface area contributed by atoms with Gasteiger partial charge in [0, 0.05) is 17.3 Å². The van der Waals surface area contributed by atoms with Gasteiger partial charge < -0.3 is 15.5 Å². The first kappa shape index (κ1) is 16.9. The molecule has 5 nitrogen and oxygen atoms in total. The SMILES string of the molecule is CNCCCN1C(=O)[C@@H](NC(=O)c2cc3ccccc3s2)CC1C. The molecule has 1 fully saturated rings. The molecule has 1 aliphatic heterocycles. The molecular formula is C18H23N3O2S. The Morgan fingerprint density at radius 1 is 1.38 bits per heavy atom. The number of likely N-dealkylation sites (tertiary alicyclic amines) is 1. The number of carbonyl (C=O) groups is 2. The normalized spacial score (nSPS) is 20.8. The fourth-order valence-electron chi connectivity index (χ4n) is 3.19. The van der Waals surface area contributed by atoms with Crippen molar-refractivity contribution in [1.82, 2.24) is 15.5 Å². The lowest BCUT2D eigenvalue weighted by Gasteiger charge is -2.21. The maximum Gasteiger partial charge on any atom is 0.262 e. The van der Waals surface area contributed by atoms with Gasteiger partial charge in [-0.25, -0.2) is 0 Å². The summed E-state index contributed by atoms with van der Waals surface area (Å²) in [6.45, 7) is 3.66. The third-order valence-corrected chi connectivity index (χ3v) is 5.59.